The maximum atomic E-state index is 12.9. The number of carbonyl (C=O) groups excluding carboxylic acids is 4. The van der Waals surface area contributed by atoms with E-state index in [4.69, 9.17) is 15.2 Å². The minimum Gasteiger partial charge on any atom is -0.480 e. The molecule has 2 atom stereocenters. The van der Waals surface area contributed by atoms with E-state index >= 15 is 0 Å². The molecule has 3 amide bonds. The summed E-state index contributed by atoms with van der Waals surface area (Å²) in [5.74, 6) is -2.82. The van der Waals surface area contributed by atoms with Crippen LogP contribution in [0.5, 0.6) is 0 Å². The number of nitrogens with zero attached hydrogens (tertiary/aromatic N) is 1. The van der Waals surface area contributed by atoms with Crippen molar-refractivity contribution in [3.63, 3.8) is 0 Å². The van der Waals surface area contributed by atoms with E-state index in [1.54, 1.807) is 46.4 Å². The molecule has 0 saturated carbocycles. The number of aliphatic carboxylic acids is 1. The zero-order valence-corrected chi connectivity index (χ0v) is 26.9. The number of esters is 2. The summed E-state index contributed by atoms with van der Waals surface area (Å²) in [4.78, 5) is 63.4. The number of hydrogen-bond acceptors (Lipinski definition) is 8. The van der Waals surface area contributed by atoms with Crippen LogP contribution in [0.1, 0.15) is 79.2 Å². The molecule has 236 valence electrons. The van der Waals surface area contributed by atoms with Gasteiger partial charge in [0.15, 0.2) is 0 Å². The SMILES string of the molecule is CC(C)(C)OC(=O)CCC(NC(=O)NC(CCCCN(Cc1ccc(Br)cc1)C(=O)CN)C(=O)OC(C)(C)C)C(=O)O. The smallest absolute Gasteiger partial charge is 0.329 e. The number of nitrogens with two attached hydrogens (primary N) is 1. The second kappa shape index (κ2) is 17.1. The van der Waals surface area contributed by atoms with Crippen molar-refractivity contribution in [3.8, 4) is 0 Å². The average molecular weight is 658 g/mol. The van der Waals surface area contributed by atoms with E-state index in [-0.39, 0.29) is 31.7 Å². The Hall–Kier alpha value is -3.19. The number of benzene rings is 1. The number of nitrogens with one attached hydrogen (secondary N) is 2. The predicted molar refractivity (Wildman–Crippen MR) is 160 cm³/mol. The molecule has 12 nitrogen and oxygen atoms in total. The fourth-order valence-corrected chi connectivity index (χ4v) is 4.04. The molecule has 1 aromatic carbocycles. The molecule has 1 rings (SSSR count). The third kappa shape index (κ3) is 15.7. The first-order chi connectivity index (χ1) is 19.4. The van der Waals surface area contributed by atoms with Crippen LogP contribution in [0.3, 0.4) is 0 Å². The van der Waals surface area contributed by atoms with Gasteiger partial charge in [0.2, 0.25) is 5.91 Å². The van der Waals surface area contributed by atoms with Gasteiger partial charge >= 0.3 is 23.9 Å². The minimum atomic E-state index is -1.38. The summed E-state index contributed by atoms with van der Waals surface area (Å²) in [5.41, 5.74) is 4.99. The molecule has 5 N–H and O–H groups in total. The molecule has 2 unspecified atom stereocenters. The number of hydrogen-bond donors (Lipinski definition) is 4. The predicted octanol–water partition coefficient (Wildman–Crippen LogP) is 3.49. The fourth-order valence-electron chi connectivity index (χ4n) is 3.77. The second-order valence-electron chi connectivity index (χ2n) is 11.9. The summed E-state index contributed by atoms with van der Waals surface area (Å²) in [6.07, 6.45) is 0.722. The number of amides is 3. The highest BCUT2D eigenvalue weighted by Crippen LogP contribution is 2.15. The molecular weight excluding hydrogens is 612 g/mol. The fraction of sp³-hybridized carbons (Fsp3) is 0.621. The summed E-state index contributed by atoms with van der Waals surface area (Å²) in [5, 5.41) is 14.4. The molecule has 1 aromatic rings. The van der Waals surface area contributed by atoms with Gasteiger partial charge in [-0.3, -0.25) is 9.59 Å². The molecule has 0 bridgehead atoms. The van der Waals surface area contributed by atoms with Crippen molar-refractivity contribution in [2.45, 2.75) is 103 Å². The monoisotopic (exact) mass is 656 g/mol. The van der Waals surface area contributed by atoms with Gasteiger partial charge in [-0.1, -0.05) is 28.1 Å². The van der Waals surface area contributed by atoms with Gasteiger partial charge in [-0.05, 0) is 84.9 Å². The van der Waals surface area contributed by atoms with Crippen LogP contribution < -0.4 is 16.4 Å². The number of halogens is 1. The number of carboxylic acid groups (broad SMARTS) is 1. The second-order valence-corrected chi connectivity index (χ2v) is 12.8. The molecule has 42 heavy (non-hydrogen) atoms. The van der Waals surface area contributed by atoms with Gasteiger partial charge in [-0.25, -0.2) is 14.4 Å². The topological polar surface area (TPSA) is 177 Å². The molecule has 0 aliphatic heterocycles. The third-order valence-electron chi connectivity index (χ3n) is 5.64. The molecule has 0 aromatic heterocycles. The normalized spacial score (nSPS) is 13.0. The van der Waals surface area contributed by atoms with Gasteiger partial charge in [-0.15, -0.1) is 0 Å². The van der Waals surface area contributed by atoms with E-state index in [9.17, 15) is 29.1 Å². The van der Waals surface area contributed by atoms with Gasteiger partial charge in [0.05, 0.1) is 6.54 Å². The Morgan fingerprint density at radius 3 is 2.00 bits per heavy atom. The van der Waals surface area contributed by atoms with Crippen molar-refractivity contribution in [3.05, 3.63) is 34.3 Å². The number of carboxylic acids is 1. The van der Waals surface area contributed by atoms with Crippen molar-refractivity contribution in [1.29, 1.82) is 0 Å². The Labute approximate surface area is 256 Å². The lowest BCUT2D eigenvalue weighted by atomic mass is 10.1. The zero-order chi connectivity index (χ0) is 32.1. The molecule has 0 radical (unpaired) electrons. The van der Waals surface area contributed by atoms with Crippen LogP contribution in [0, 0.1) is 0 Å². The van der Waals surface area contributed by atoms with Crippen LogP contribution in [0.4, 0.5) is 4.79 Å². The molecule has 0 fully saturated rings. The van der Waals surface area contributed by atoms with Crippen molar-refractivity contribution in [2.24, 2.45) is 5.73 Å². The number of urea groups is 1. The van der Waals surface area contributed by atoms with Gasteiger partial charge in [-0.2, -0.15) is 0 Å². The highest BCUT2D eigenvalue weighted by molar-refractivity contribution is 9.10. The molecule has 0 heterocycles. The van der Waals surface area contributed by atoms with E-state index in [2.05, 4.69) is 26.6 Å². The summed E-state index contributed by atoms with van der Waals surface area (Å²) in [7, 11) is 0. The van der Waals surface area contributed by atoms with E-state index in [0.717, 1.165) is 10.0 Å². The number of carbonyl (C=O) groups is 5. The molecule has 0 aliphatic rings. The highest BCUT2D eigenvalue weighted by Gasteiger charge is 2.29. The summed E-state index contributed by atoms with van der Waals surface area (Å²) >= 11 is 3.39. The quantitative estimate of drug-likeness (QED) is 0.162. The van der Waals surface area contributed by atoms with Crippen molar-refractivity contribution >= 4 is 45.8 Å². The van der Waals surface area contributed by atoms with Gasteiger partial charge in [0.1, 0.15) is 23.3 Å². The van der Waals surface area contributed by atoms with Crippen LogP contribution in [0.15, 0.2) is 28.7 Å². The number of unbranched alkanes of at least 4 members (excludes halogenated alkanes) is 1. The van der Waals surface area contributed by atoms with Gasteiger partial charge in [0, 0.05) is 24.0 Å². The van der Waals surface area contributed by atoms with Crippen LogP contribution in [-0.2, 0) is 35.2 Å². The molecule has 13 heteroatoms. The largest absolute Gasteiger partial charge is 0.480 e. The number of rotatable bonds is 15. The molecule has 0 saturated heterocycles. The molecule has 0 spiro atoms. The first-order valence-electron chi connectivity index (χ1n) is 13.9. The first kappa shape index (κ1) is 36.8. The lowest BCUT2D eigenvalue weighted by molar-refractivity contribution is -0.157. The van der Waals surface area contributed by atoms with E-state index in [0.29, 0.717) is 25.9 Å². The minimum absolute atomic E-state index is 0.141. The van der Waals surface area contributed by atoms with E-state index in [1.807, 2.05) is 24.3 Å². The lowest BCUT2D eigenvalue weighted by Gasteiger charge is -2.26. The maximum Gasteiger partial charge on any atom is 0.329 e. The van der Waals surface area contributed by atoms with Gasteiger partial charge in [0.25, 0.3) is 0 Å². The Balaban J connectivity index is 2.82. The summed E-state index contributed by atoms with van der Waals surface area (Å²) in [6.45, 7) is 10.8. The Kier molecular flexibility index (Phi) is 15.0. The van der Waals surface area contributed by atoms with Crippen molar-refractivity contribution in [2.75, 3.05) is 13.1 Å². The summed E-state index contributed by atoms with van der Waals surface area (Å²) in [6, 6.07) is 4.22. The zero-order valence-electron chi connectivity index (χ0n) is 25.3. The van der Waals surface area contributed by atoms with Crippen LogP contribution >= 0.6 is 15.9 Å². The third-order valence-corrected chi connectivity index (χ3v) is 6.17. The lowest BCUT2D eigenvalue weighted by Crippen LogP contribution is -2.52. The molecule has 0 aliphatic carbocycles. The summed E-state index contributed by atoms with van der Waals surface area (Å²) < 4.78 is 11.6. The van der Waals surface area contributed by atoms with Crippen LogP contribution in [0.2, 0.25) is 0 Å². The Morgan fingerprint density at radius 1 is 0.905 bits per heavy atom. The van der Waals surface area contributed by atoms with Crippen molar-refractivity contribution < 1.29 is 38.6 Å². The Morgan fingerprint density at radius 2 is 1.48 bits per heavy atom. The van der Waals surface area contributed by atoms with E-state index < -0.39 is 47.2 Å². The van der Waals surface area contributed by atoms with Crippen molar-refractivity contribution in [1.82, 2.24) is 15.5 Å². The maximum absolute atomic E-state index is 12.9. The van der Waals surface area contributed by atoms with Crippen LogP contribution in [-0.4, -0.2) is 76.2 Å². The molecular formula is C29H45BrN4O8. The number of ether oxygens (including phenoxy) is 2. The first-order valence-corrected chi connectivity index (χ1v) is 14.7. The Bertz CT molecular complexity index is 1070. The van der Waals surface area contributed by atoms with Crippen LogP contribution in [0.25, 0.3) is 0 Å². The standard InChI is InChI=1S/C29H45BrN4O8/c1-28(2,3)41-24(36)15-14-21(25(37)38)32-27(40)33-22(26(39)42-29(4,5)6)9-7-8-16-34(23(35)17-31)18-19-10-12-20(30)13-11-19/h10-13,21-22H,7-9,14-18,31H2,1-6H3,(H,37,38)(H2,32,33,40). The van der Waals surface area contributed by atoms with E-state index in [1.165, 1.54) is 0 Å². The highest BCUT2D eigenvalue weighted by atomic mass is 79.9. The average Bonchev–Trinajstić information content (AvgIpc) is 2.85. The van der Waals surface area contributed by atoms with Gasteiger partial charge < -0.3 is 35.8 Å².